The zero-order valence-corrected chi connectivity index (χ0v) is 10.8. The molecular weight excluding hydrogens is 262 g/mol. The lowest BCUT2D eigenvalue weighted by Crippen LogP contribution is -2.04. The average Bonchev–Trinajstić information content (AvgIpc) is 3.05. The highest BCUT2D eigenvalue weighted by atomic mass is 32.1. The van der Waals surface area contributed by atoms with Crippen LogP contribution >= 0.6 is 11.3 Å². The Labute approximate surface area is 113 Å². The van der Waals surface area contributed by atoms with Gasteiger partial charge in [-0.1, -0.05) is 6.07 Å². The van der Waals surface area contributed by atoms with Crippen molar-refractivity contribution in [2.75, 3.05) is 0 Å². The third-order valence-corrected chi connectivity index (χ3v) is 3.76. The first-order valence-corrected chi connectivity index (χ1v) is 6.69. The molecule has 3 rings (SSSR count). The molecule has 0 radical (unpaired) electrons. The van der Waals surface area contributed by atoms with E-state index >= 15 is 0 Å². The number of carboxylic acids is 1. The molecule has 0 amide bonds. The monoisotopic (exact) mass is 273 g/mol. The zero-order valence-electron chi connectivity index (χ0n) is 9.98. The summed E-state index contributed by atoms with van der Waals surface area (Å²) in [5.41, 5.74) is 1.67. The number of hydrogen-bond donors (Lipinski definition) is 1. The maximum absolute atomic E-state index is 11.2. The van der Waals surface area contributed by atoms with Crippen LogP contribution in [0.3, 0.4) is 0 Å². The van der Waals surface area contributed by atoms with E-state index in [0.29, 0.717) is 17.6 Å². The first-order valence-electron chi connectivity index (χ1n) is 5.81. The minimum Gasteiger partial charge on any atom is -0.478 e. The molecule has 0 unspecified atom stereocenters. The SMILES string of the molecule is O=C(O)c1cccc2ncn(CCc3nccs3)c12. The van der Waals surface area contributed by atoms with Gasteiger partial charge in [0.15, 0.2) is 0 Å². The number of benzene rings is 1. The van der Waals surface area contributed by atoms with E-state index in [1.54, 1.807) is 36.0 Å². The van der Waals surface area contributed by atoms with Crippen LogP contribution < -0.4 is 0 Å². The maximum Gasteiger partial charge on any atom is 0.337 e. The fourth-order valence-corrected chi connectivity index (χ4v) is 2.67. The smallest absolute Gasteiger partial charge is 0.337 e. The number of nitrogens with zero attached hydrogens (tertiary/aromatic N) is 3. The second kappa shape index (κ2) is 4.81. The third-order valence-electron chi connectivity index (χ3n) is 2.92. The van der Waals surface area contributed by atoms with Gasteiger partial charge in [0, 0.05) is 24.5 Å². The molecule has 1 N–H and O–H groups in total. The molecule has 19 heavy (non-hydrogen) atoms. The average molecular weight is 273 g/mol. The highest BCUT2D eigenvalue weighted by Crippen LogP contribution is 2.19. The summed E-state index contributed by atoms with van der Waals surface area (Å²) in [6.07, 6.45) is 4.23. The van der Waals surface area contributed by atoms with Gasteiger partial charge in [-0.25, -0.2) is 14.8 Å². The second-order valence-corrected chi connectivity index (χ2v) is 5.07. The first-order chi connectivity index (χ1) is 9.25. The zero-order chi connectivity index (χ0) is 13.2. The van der Waals surface area contributed by atoms with E-state index in [4.69, 9.17) is 0 Å². The number of fused-ring (bicyclic) bond motifs is 1. The van der Waals surface area contributed by atoms with Gasteiger partial charge >= 0.3 is 5.97 Å². The predicted molar refractivity (Wildman–Crippen MR) is 72.5 cm³/mol. The van der Waals surface area contributed by atoms with E-state index in [0.717, 1.165) is 11.4 Å². The Kier molecular flexibility index (Phi) is 3.00. The molecule has 0 saturated heterocycles. The number of carboxylic acid groups (broad SMARTS) is 1. The minimum absolute atomic E-state index is 0.286. The fraction of sp³-hybridized carbons (Fsp3) is 0.154. The van der Waals surface area contributed by atoms with Crippen molar-refractivity contribution in [3.63, 3.8) is 0 Å². The quantitative estimate of drug-likeness (QED) is 0.792. The lowest BCUT2D eigenvalue weighted by Gasteiger charge is -2.05. The molecule has 0 bridgehead atoms. The summed E-state index contributed by atoms with van der Waals surface area (Å²) in [4.78, 5) is 19.7. The topological polar surface area (TPSA) is 68.0 Å². The Hall–Kier alpha value is -2.21. The van der Waals surface area contributed by atoms with E-state index in [9.17, 15) is 9.90 Å². The highest BCUT2D eigenvalue weighted by molar-refractivity contribution is 7.09. The van der Waals surface area contributed by atoms with E-state index in [-0.39, 0.29) is 5.56 Å². The van der Waals surface area contributed by atoms with Crippen LogP contribution in [0.4, 0.5) is 0 Å². The molecule has 2 heterocycles. The Balaban J connectivity index is 1.97. The summed E-state index contributed by atoms with van der Waals surface area (Å²) in [5, 5.41) is 12.2. The summed E-state index contributed by atoms with van der Waals surface area (Å²) in [5.74, 6) is -0.929. The van der Waals surface area contributed by atoms with Crippen LogP contribution in [0.15, 0.2) is 36.1 Å². The van der Waals surface area contributed by atoms with Crippen LogP contribution in [-0.2, 0) is 13.0 Å². The number of aromatic nitrogens is 3. The van der Waals surface area contributed by atoms with Crippen LogP contribution in [0, 0.1) is 0 Å². The lowest BCUT2D eigenvalue weighted by atomic mass is 10.2. The van der Waals surface area contributed by atoms with Gasteiger partial charge in [0.05, 0.1) is 27.9 Å². The van der Waals surface area contributed by atoms with Gasteiger partial charge < -0.3 is 9.67 Å². The Morgan fingerprint density at radius 3 is 3.00 bits per heavy atom. The lowest BCUT2D eigenvalue weighted by molar-refractivity contribution is 0.0698. The fourth-order valence-electron chi connectivity index (χ4n) is 2.06. The second-order valence-electron chi connectivity index (χ2n) is 4.09. The number of aromatic carboxylic acids is 1. The van der Waals surface area contributed by atoms with Crippen LogP contribution in [-0.4, -0.2) is 25.6 Å². The van der Waals surface area contributed by atoms with Gasteiger partial charge in [-0.15, -0.1) is 11.3 Å². The molecule has 96 valence electrons. The minimum atomic E-state index is -0.929. The number of hydrogen-bond acceptors (Lipinski definition) is 4. The van der Waals surface area contributed by atoms with Gasteiger partial charge in [-0.2, -0.15) is 0 Å². The van der Waals surface area contributed by atoms with E-state index < -0.39 is 5.97 Å². The predicted octanol–water partition coefficient (Wildman–Crippen LogP) is 2.43. The summed E-state index contributed by atoms with van der Waals surface area (Å²) < 4.78 is 1.88. The number of imidazole rings is 1. The molecule has 0 aliphatic carbocycles. The highest BCUT2D eigenvalue weighted by Gasteiger charge is 2.13. The van der Waals surface area contributed by atoms with Crippen molar-refractivity contribution < 1.29 is 9.90 Å². The molecule has 0 saturated carbocycles. The molecule has 0 aliphatic rings. The van der Waals surface area contributed by atoms with Gasteiger partial charge in [-0.05, 0) is 12.1 Å². The van der Waals surface area contributed by atoms with Crippen LogP contribution in [0.1, 0.15) is 15.4 Å². The molecule has 3 aromatic rings. The van der Waals surface area contributed by atoms with Crippen molar-refractivity contribution in [2.24, 2.45) is 0 Å². The third kappa shape index (κ3) is 2.22. The molecule has 0 atom stereocenters. The number of para-hydroxylation sites is 1. The van der Waals surface area contributed by atoms with Gasteiger partial charge in [0.2, 0.25) is 0 Å². The van der Waals surface area contributed by atoms with Crippen LogP contribution in [0.2, 0.25) is 0 Å². The van der Waals surface area contributed by atoms with Gasteiger partial charge in [0.25, 0.3) is 0 Å². The number of thiazole rings is 1. The first kappa shape index (κ1) is 11.9. The molecule has 0 spiro atoms. The molecule has 0 aliphatic heterocycles. The number of carbonyl (C=O) groups is 1. The summed E-state index contributed by atoms with van der Waals surface area (Å²) >= 11 is 1.60. The van der Waals surface area contributed by atoms with Gasteiger partial charge in [0.1, 0.15) is 0 Å². The summed E-state index contributed by atoms with van der Waals surface area (Å²) in [7, 11) is 0. The van der Waals surface area contributed by atoms with Crippen molar-refractivity contribution >= 4 is 28.3 Å². The van der Waals surface area contributed by atoms with Crippen molar-refractivity contribution in [3.05, 3.63) is 46.7 Å². The summed E-state index contributed by atoms with van der Waals surface area (Å²) in [6.45, 7) is 0.675. The van der Waals surface area contributed by atoms with Crippen LogP contribution in [0.25, 0.3) is 11.0 Å². The van der Waals surface area contributed by atoms with Crippen molar-refractivity contribution in [1.29, 1.82) is 0 Å². The summed E-state index contributed by atoms with van der Waals surface area (Å²) in [6, 6.07) is 5.14. The van der Waals surface area contributed by atoms with Crippen molar-refractivity contribution in [1.82, 2.24) is 14.5 Å². The van der Waals surface area contributed by atoms with E-state index in [1.165, 1.54) is 0 Å². The molecule has 6 heteroatoms. The molecule has 2 aromatic heterocycles. The normalized spacial score (nSPS) is 10.9. The van der Waals surface area contributed by atoms with Gasteiger partial charge in [-0.3, -0.25) is 0 Å². The molecule has 0 fully saturated rings. The maximum atomic E-state index is 11.2. The number of aryl methyl sites for hydroxylation is 2. The Morgan fingerprint density at radius 1 is 1.37 bits per heavy atom. The largest absolute Gasteiger partial charge is 0.478 e. The Bertz CT molecular complexity index is 719. The van der Waals surface area contributed by atoms with E-state index in [2.05, 4.69) is 9.97 Å². The van der Waals surface area contributed by atoms with Crippen LogP contribution in [0.5, 0.6) is 0 Å². The molecule has 5 nitrogen and oxygen atoms in total. The molecular formula is C13H11N3O2S. The van der Waals surface area contributed by atoms with Crippen molar-refractivity contribution in [3.8, 4) is 0 Å². The standard InChI is InChI=1S/C13H11N3O2S/c17-13(18)9-2-1-3-10-12(9)16(8-15-10)6-4-11-14-5-7-19-11/h1-3,5,7-8H,4,6H2,(H,17,18). The van der Waals surface area contributed by atoms with Crippen molar-refractivity contribution in [2.45, 2.75) is 13.0 Å². The Morgan fingerprint density at radius 2 is 2.26 bits per heavy atom. The van der Waals surface area contributed by atoms with E-state index in [1.807, 2.05) is 16.0 Å². The number of rotatable bonds is 4. The molecule has 1 aromatic carbocycles.